The van der Waals surface area contributed by atoms with Crippen molar-refractivity contribution in [1.29, 1.82) is 0 Å². The first-order valence-corrected chi connectivity index (χ1v) is 11.4. The lowest BCUT2D eigenvalue weighted by molar-refractivity contribution is 0.0500. The number of benzene rings is 1. The van der Waals surface area contributed by atoms with E-state index in [1.807, 2.05) is 32.6 Å². The van der Waals surface area contributed by atoms with Crippen LogP contribution in [0.4, 0.5) is 9.18 Å². The van der Waals surface area contributed by atoms with Gasteiger partial charge >= 0.3 is 6.09 Å². The third kappa shape index (κ3) is 6.75. The Labute approximate surface area is 186 Å². The van der Waals surface area contributed by atoms with Crippen molar-refractivity contribution < 1.29 is 18.7 Å². The van der Waals surface area contributed by atoms with Crippen LogP contribution in [0.5, 0.6) is 0 Å². The van der Waals surface area contributed by atoms with E-state index < -0.39 is 11.7 Å². The van der Waals surface area contributed by atoms with Crippen molar-refractivity contribution in [3.63, 3.8) is 0 Å². The molecule has 0 unspecified atom stereocenters. The van der Waals surface area contributed by atoms with E-state index in [-0.39, 0.29) is 11.7 Å². The summed E-state index contributed by atoms with van der Waals surface area (Å²) in [7, 11) is 0. The van der Waals surface area contributed by atoms with Gasteiger partial charge in [-0.3, -0.25) is 4.79 Å². The molecule has 2 heterocycles. The second-order valence-corrected chi connectivity index (χ2v) is 10.0. The summed E-state index contributed by atoms with van der Waals surface area (Å²) in [5, 5.41) is 3.68. The highest BCUT2D eigenvalue weighted by atomic mass is 32.1. The van der Waals surface area contributed by atoms with E-state index in [0.29, 0.717) is 36.9 Å². The van der Waals surface area contributed by atoms with Crippen molar-refractivity contribution in [2.75, 3.05) is 19.6 Å². The number of carbonyl (C=O) groups is 2. The number of ether oxygens (including phenoxy) is 1. The van der Waals surface area contributed by atoms with Gasteiger partial charge in [-0.1, -0.05) is 12.1 Å². The third-order valence-corrected chi connectivity index (χ3v) is 6.28. The number of aromatic nitrogens is 1. The number of alkyl carbamates (subject to hydrolysis) is 1. The Balaban J connectivity index is 1.51. The van der Waals surface area contributed by atoms with Crippen LogP contribution in [0.3, 0.4) is 0 Å². The first-order valence-electron chi connectivity index (χ1n) is 10.6. The van der Waals surface area contributed by atoms with Crippen LogP contribution >= 0.6 is 11.3 Å². The van der Waals surface area contributed by atoms with E-state index in [1.165, 1.54) is 23.5 Å². The second-order valence-electron chi connectivity index (χ2n) is 8.94. The number of halogens is 1. The molecule has 1 aromatic carbocycles. The standard InChI is InChI=1S/C23H30FN3O3S/c1-15-20(31-19(26-15)13-16-5-7-18(24)8-6-16)21(28)27-11-9-17(10-12-27)14-25-22(29)30-23(2,3)4/h5-8,17H,9-14H2,1-4H3,(H,25,29). The molecule has 0 saturated carbocycles. The van der Waals surface area contributed by atoms with E-state index >= 15 is 0 Å². The Morgan fingerprint density at radius 1 is 1.23 bits per heavy atom. The average Bonchev–Trinajstić information content (AvgIpc) is 3.07. The lowest BCUT2D eigenvalue weighted by atomic mass is 9.96. The number of piperidine rings is 1. The molecule has 1 fully saturated rings. The van der Waals surface area contributed by atoms with Gasteiger partial charge < -0.3 is 15.0 Å². The first kappa shape index (κ1) is 23.2. The van der Waals surface area contributed by atoms with Gasteiger partial charge in [-0.05, 0) is 64.2 Å². The van der Waals surface area contributed by atoms with Crippen LogP contribution in [0.15, 0.2) is 24.3 Å². The summed E-state index contributed by atoms with van der Waals surface area (Å²) >= 11 is 1.41. The van der Waals surface area contributed by atoms with Gasteiger partial charge in [-0.15, -0.1) is 11.3 Å². The van der Waals surface area contributed by atoms with E-state index in [9.17, 15) is 14.0 Å². The van der Waals surface area contributed by atoms with Crippen molar-refractivity contribution in [2.45, 2.75) is 52.6 Å². The maximum Gasteiger partial charge on any atom is 0.407 e. The lowest BCUT2D eigenvalue weighted by Gasteiger charge is -2.32. The third-order valence-electron chi connectivity index (χ3n) is 5.14. The summed E-state index contributed by atoms with van der Waals surface area (Å²) < 4.78 is 18.4. The fourth-order valence-electron chi connectivity index (χ4n) is 3.53. The molecule has 0 spiro atoms. The van der Waals surface area contributed by atoms with Gasteiger partial charge in [-0.2, -0.15) is 0 Å². The Bertz CT molecular complexity index is 913. The van der Waals surface area contributed by atoms with Gasteiger partial charge in [0, 0.05) is 26.1 Å². The molecule has 1 aromatic heterocycles. The monoisotopic (exact) mass is 447 g/mol. The van der Waals surface area contributed by atoms with Crippen molar-refractivity contribution in [3.05, 3.63) is 51.2 Å². The summed E-state index contributed by atoms with van der Waals surface area (Å²) in [6.45, 7) is 9.23. The quantitative estimate of drug-likeness (QED) is 0.730. The number of amides is 2. The molecule has 8 heteroatoms. The molecule has 0 bridgehead atoms. The minimum Gasteiger partial charge on any atom is -0.444 e. The number of rotatable bonds is 5. The molecule has 2 amide bonds. The summed E-state index contributed by atoms with van der Waals surface area (Å²) in [4.78, 5) is 31.9. The molecule has 3 rings (SSSR count). The summed E-state index contributed by atoms with van der Waals surface area (Å²) in [6.07, 6.45) is 1.85. The zero-order valence-corrected chi connectivity index (χ0v) is 19.4. The normalized spacial score (nSPS) is 15.1. The van der Waals surface area contributed by atoms with Gasteiger partial charge in [0.05, 0.1) is 10.7 Å². The maximum atomic E-state index is 13.1. The molecule has 0 atom stereocenters. The molecule has 0 radical (unpaired) electrons. The Morgan fingerprint density at radius 3 is 2.48 bits per heavy atom. The van der Waals surface area contributed by atoms with Gasteiger partial charge in [0.2, 0.25) is 0 Å². The van der Waals surface area contributed by atoms with Crippen LogP contribution in [-0.4, -0.2) is 47.1 Å². The molecule has 1 aliphatic rings. The molecule has 1 N–H and O–H groups in total. The fourth-order valence-corrected chi connectivity index (χ4v) is 4.60. The second kappa shape index (κ2) is 9.77. The molecular weight excluding hydrogens is 417 g/mol. The van der Waals surface area contributed by atoms with Gasteiger partial charge in [0.15, 0.2) is 0 Å². The number of aryl methyl sites for hydroxylation is 1. The van der Waals surface area contributed by atoms with Crippen molar-refractivity contribution in [1.82, 2.24) is 15.2 Å². The number of thiazole rings is 1. The van der Waals surface area contributed by atoms with Crippen LogP contribution < -0.4 is 5.32 Å². The Hall–Kier alpha value is -2.48. The molecule has 1 aliphatic heterocycles. The number of likely N-dealkylation sites (tertiary alicyclic amines) is 1. The van der Waals surface area contributed by atoms with Gasteiger partial charge in [-0.25, -0.2) is 14.2 Å². The van der Waals surface area contributed by atoms with E-state index in [2.05, 4.69) is 10.3 Å². The van der Waals surface area contributed by atoms with Crippen molar-refractivity contribution in [3.8, 4) is 0 Å². The van der Waals surface area contributed by atoms with Crippen molar-refractivity contribution in [2.24, 2.45) is 5.92 Å². The number of hydrogen-bond donors (Lipinski definition) is 1. The summed E-state index contributed by atoms with van der Waals surface area (Å²) in [5.41, 5.74) is 1.19. The summed E-state index contributed by atoms with van der Waals surface area (Å²) in [6, 6.07) is 6.35. The highest BCUT2D eigenvalue weighted by Crippen LogP contribution is 2.25. The Morgan fingerprint density at radius 2 is 1.87 bits per heavy atom. The van der Waals surface area contributed by atoms with Crippen LogP contribution in [0.2, 0.25) is 0 Å². The zero-order chi connectivity index (χ0) is 22.6. The lowest BCUT2D eigenvalue weighted by Crippen LogP contribution is -2.42. The van der Waals surface area contributed by atoms with Crippen molar-refractivity contribution >= 4 is 23.3 Å². The predicted octanol–water partition coefficient (Wildman–Crippen LogP) is 4.56. The smallest absolute Gasteiger partial charge is 0.407 e. The maximum absolute atomic E-state index is 13.1. The molecule has 2 aromatic rings. The Kier molecular flexibility index (Phi) is 7.30. The van der Waals surface area contributed by atoms with E-state index in [0.717, 1.165) is 29.1 Å². The summed E-state index contributed by atoms with van der Waals surface area (Å²) in [5.74, 6) is 0.0757. The van der Waals surface area contributed by atoms with Crippen LogP contribution in [0, 0.1) is 18.7 Å². The zero-order valence-electron chi connectivity index (χ0n) is 18.5. The first-order chi connectivity index (χ1) is 14.6. The predicted molar refractivity (Wildman–Crippen MR) is 119 cm³/mol. The fraction of sp³-hybridized carbons (Fsp3) is 0.522. The molecule has 0 aliphatic carbocycles. The van der Waals surface area contributed by atoms with Crippen LogP contribution in [0.25, 0.3) is 0 Å². The number of nitrogens with zero attached hydrogens (tertiary/aromatic N) is 2. The molecule has 1 saturated heterocycles. The van der Waals surface area contributed by atoms with Gasteiger partial charge in [0.1, 0.15) is 16.3 Å². The minimum absolute atomic E-state index is 0.0129. The SMILES string of the molecule is Cc1nc(Cc2ccc(F)cc2)sc1C(=O)N1CCC(CNC(=O)OC(C)(C)C)CC1. The molecule has 168 valence electrons. The van der Waals surface area contributed by atoms with E-state index in [1.54, 1.807) is 12.1 Å². The van der Waals surface area contributed by atoms with Crippen LogP contribution in [0.1, 0.15) is 59.5 Å². The molecule has 6 nitrogen and oxygen atoms in total. The number of carbonyl (C=O) groups excluding carboxylic acids is 2. The molecular formula is C23H30FN3O3S. The number of hydrogen-bond acceptors (Lipinski definition) is 5. The van der Waals surface area contributed by atoms with E-state index in [4.69, 9.17) is 4.74 Å². The van der Waals surface area contributed by atoms with Crippen LogP contribution in [-0.2, 0) is 11.2 Å². The minimum atomic E-state index is -0.512. The average molecular weight is 448 g/mol. The number of nitrogens with one attached hydrogen (secondary N) is 1. The highest BCUT2D eigenvalue weighted by Gasteiger charge is 2.27. The highest BCUT2D eigenvalue weighted by molar-refractivity contribution is 7.13. The molecule has 31 heavy (non-hydrogen) atoms. The largest absolute Gasteiger partial charge is 0.444 e. The van der Waals surface area contributed by atoms with Gasteiger partial charge in [0.25, 0.3) is 5.91 Å². The topological polar surface area (TPSA) is 71.5 Å².